The molecule has 2 heterocycles. The summed E-state index contributed by atoms with van der Waals surface area (Å²) in [5.41, 5.74) is 2.65. The van der Waals surface area contributed by atoms with E-state index in [-0.39, 0.29) is 11.8 Å². The molecule has 0 fully saturated rings. The Morgan fingerprint density at radius 2 is 2.15 bits per heavy atom. The molecule has 0 aliphatic carbocycles. The molecule has 0 saturated carbocycles. The summed E-state index contributed by atoms with van der Waals surface area (Å²) >= 11 is 0. The molecule has 3 nitrogen and oxygen atoms in total. The number of hydrogen-bond donors (Lipinski definition) is 0. The van der Waals surface area contributed by atoms with Crippen LogP contribution in [0.2, 0.25) is 0 Å². The van der Waals surface area contributed by atoms with Gasteiger partial charge in [0.1, 0.15) is 0 Å². The maximum Gasteiger partial charge on any atom is 0.274 e. The molecule has 13 heavy (non-hydrogen) atoms. The van der Waals surface area contributed by atoms with Crippen LogP contribution in [0.4, 0.5) is 0 Å². The monoisotopic (exact) mass is 176 g/mol. The molecular weight excluding hydrogens is 164 g/mol. The van der Waals surface area contributed by atoms with Crippen LogP contribution in [-0.4, -0.2) is 15.7 Å². The normalized spacial score (nSPS) is 15.1. The molecule has 0 aromatic carbocycles. The topological polar surface area (TPSA) is 34.9 Å². The molecule has 0 radical (unpaired) electrons. The first-order valence-electron chi connectivity index (χ1n) is 4.42. The van der Waals surface area contributed by atoms with Crippen molar-refractivity contribution >= 4 is 12.0 Å². The lowest BCUT2D eigenvalue weighted by Gasteiger charge is -2.03. The number of aryl methyl sites for hydroxylation is 1. The number of rotatable bonds is 1. The second kappa shape index (κ2) is 2.55. The van der Waals surface area contributed by atoms with Gasteiger partial charge in [0, 0.05) is 5.57 Å². The van der Waals surface area contributed by atoms with Gasteiger partial charge < -0.3 is 0 Å². The van der Waals surface area contributed by atoms with Gasteiger partial charge in [0.25, 0.3) is 5.91 Å². The van der Waals surface area contributed by atoms with Crippen molar-refractivity contribution in [3.05, 3.63) is 23.0 Å². The Hall–Kier alpha value is -1.38. The zero-order chi connectivity index (χ0) is 9.59. The van der Waals surface area contributed by atoms with Crippen molar-refractivity contribution in [1.82, 2.24) is 9.78 Å². The zero-order valence-electron chi connectivity index (χ0n) is 8.03. The van der Waals surface area contributed by atoms with Crippen molar-refractivity contribution in [1.29, 1.82) is 0 Å². The molecule has 1 aliphatic heterocycles. The first kappa shape index (κ1) is 8.23. The Morgan fingerprint density at radius 3 is 2.69 bits per heavy atom. The van der Waals surface area contributed by atoms with E-state index in [4.69, 9.17) is 0 Å². The molecule has 0 atom stereocenters. The number of nitrogens with zero attached hydrogens (tertiary/aromatic N) is 2. The largest absolute Gasteiger partial charge is 0.274 e. The predicted octanol–water partition coefficient (Wildman–Crippen LogP) is 1.88. The van der Waals surface area contributed by atoms with E-state index in [9.17, 15) is 4.79 Å². The lowest BCUT2D eigenvalue weighted by molar-refractivity contribution is 0.0937. The molecule has 3 heteroatoms. The molecule has 1 aromatic rings. The van der Waals surface area contributed by atoms with Gasteiger partial charge in [-0.25, -0.2) is 0 Å². The fourth-order valence-electron chi connectivity index (χ4n) is 1.54. The number of allylic oxidation sites excluding steroid dienone is 1. The van der Waals surface area contributed by atoms with Crippen LogP contribution in [0.25, 0.3) is 6.08 Å². The summed E-state index contributed by atoms with van der Waals surface area (Å²) in [6.07, 6.45) is 1.92. The Kier molecular flexibility index (Phi) is 1.62. The van der Waals surface area contributed by atoms with E-state index in [2.05, 4.69) is 5.10 Å². The minimum Gasteiger partial charge on any atom is -0.267 e. The van der Waals surface area contributed by atoms with E-state index in [1.807, 2.05) is 32.9 Å². The summed E-state index contributed by atoms with van der Waals surface area (Å²) in [7, 11) is 0. The molecule has 1 aromatic heterocycles. The van der Waals surface area contributed by atoms with Crippen molar-refractivity contribution in [2.75, 3.05) is 0 Å². The third kappa shape index (κ3) is 1.11. The van der Waals surface area contributed by atoms with E-state index >= 15 is 0 Å². The van der Waals surface area contributed by atoms with Gasteiger partial charge >= 0.3 is 0 Å². The van der Waals surface area contributed by atoms with Crippen LogP contribution < -0.4 is 0 Å². The molecular formula is C10H12N2O. The first-order valence-corrected chi connectivity index (χ1v) is 4.42. The lowest BCUT2D eigenvalue weighted by atomic mass is 10.0. The number of aromatic nitrogens is 2. The number of carbonyl (C=O) groups excluding carboxylic acids is 1. The van der Waals surface area contributed by atoms with Crippen molar-refractivity contribution in [2.45, 2.75) is 20.8 Å². The third-order valence-electron chi connectivity index (χ3n) is 2.22. The fourth-order valence-corrected chi connectivity index (χ4v) is 1.54. The number of hydrogen-bond acceptors (Lipinski definition) is 2. The average molecular weight is 176 g/mol. The molecule has 0 N–H and O–H groups in total. The van der Waals surface area contributed by atoms with Gasteiger partial charge in [-0.1, -0.05) is 13.8 Å². The Bertz CT molecular complexity index is 399. The maximum absolute atomic E-state index is 11.7. The average Bonchev–Trinajstić information content (AvgIpc) is 2.51. The highest BCUT2D eigenvalue weighted by molar-refractivity contribution is 6.04. The summed E-state index contributed by atoms with van der Waals surface area (Å²) in [6, 6.07) is 1.92. The molecule has 1 aliphatic rings. The lowest BCUT2D eigenvalue weighted by Crippen LogP contribution is -2.13. The molecule has 0 spiro atoms. The van der Waals surface area contributed by atoms with Crippen molar-refractivity contribution in [3.63, 3.8) is 0 Å². The zero-order valence-corrected chi connectivity index (χ0v) is 8.03. The van der Waals surface area contributed by atoms with Crippen molar-refractivity contribution in [3.8, 4) is 0 Å². The van der Waals surface area contributed by atoms with Crippen LogP contribution in [0.5, 0.6) is 0 Å². The number of carbonyl (C=O) groups is 1. The first-order chi connectivity index (χ1) is 6.09. The Labute approximate surface area is 77.1 Å². The Balaban J connectivity index is 2.49. The standard InChI is InChI=1S/C10H12N2O/c1-6(2)9-5-8-4-7(3)11-12(8)10(9)13/h4-6H,1-3H3. The highest BCUT2D eigenvalue weighted by atomic mass is 16.2. The third-order valence-corrected chi connectivity index (χ3v) is 2.22. The van der Waals surface area contributed by atoms with Crippen LogP contribution in [0.15, 0.2) is 11.6 Å². The summed E-state index contributed by atoms with van der Waals surface area (Å²) in [5.74, 6) is 0.299. The summed E-state index contributed by atoms with van der Waals surface area (Å²) in [5, 5.41) is 4.12. The van der Waals surface area contributed by atoms with Crippen molar-refractivity contribution in [2.24, 2.45) is 5.92 Å². The van der Waals surface area contributed by atoms with E-state index in [1.54, 1.807) is 0 Å². The van der Waals surface area contributed by atoms with Gasteiger partial charge in [0.15, 0.2) is 0 Å². The Morgan fingerprint density at radius 1 is 1.46 bits per heavy atom. The van der Waals surface area contributed by atoms with Gasteiger partial charge in [-0.15, -0.1) is 0 Å². The molecule has 0 saturated heterocycles. The summed E-state index contributed by atoms with van der Waals surface area (Å²) < 4.78 is 1.48. The van der Waals surface area contributed by atoms with Crippen molar-refractivity contribution < 1.29 is 4.79 Å². The second-order valence-corrected chi connectivity index (χ2v) is 3.68. The predicted molar refractivity (Wildman–Crippen MR) is 50.4 cm³/mol. The maximum atomic E-state index is 11.7. The smallest absolute Gasteiger partial charge is 0.267 e. The highest BCUT2D eigenvalue weighted by Gasteiger charge is 2.24. The quantitative estimate of drug-likeness (QED) is 0.654. The van der Waals surface area contributed by atoms with E-state index < -0.39 is 0 Å². The molecule has 0 amide bonds. The van der Waals surface area contributed by atoms with Crippen LogP contribution in [0.1, 0.15) is 30.0 Å². The van der Waals surface area contributed by atoms with Gasteiger partial charge in [-0.2, -0.15) is 9.78 Å². The molecule has 2 rings (SSSR count). The van der Waals surface area contributed by atoms with E-state index in [0.717, 1.165) is 17.0 Å². The summed E-state index contributed by atoms with van der Waals surface area (Å²) in [4.78, 5) is 11.7. The van der Waals surface area contributed by atoms with Gasteiger partial charge in [0.2, 0.25) is 0 Å². The van der Waals surface area contributed by atoms with Crippen LogP contribution >= 0.6 is 0 Å². The minimum absolute atomic E-state index is 0.0260. The van der Waals surface area contributed by atoms with Crippen LogP contribution in [0, 0.1) is 12.8 Å². The van der Waals surface area contributed by atoms with Gasteiger partial charge in [-0.3, -0.25) is 4.79 Å². The SMILES string of the molecule is Cc1cc2n(n1)C(=O)C(C(C)C)=C2. The minimum atomic E-state index is 0.0260. The molecule has 68 valence electrons. The molecule has 0 bridgehead atoms. The van der Waals surface area contributed by atoms with Gasteiger partial charge in [-0.05, 0) is 25.0 Å². The van der Waals surface area contributed by atoms with E-state index in [0.29, 0.717) is 0 Å². The van der Waals surface area contributed by atoms with E-state index in [1.165, 1.54) is 4.68 Å². The number of fused-ring (bicyclic) bond motifs is 1. The highest BCUT2D eigenvalue weighted by Crippen LogP contribution is 2.23. The van der Waals surface area contributed by atoms with Crippen LogP contribution in [-0.2, 0) is 0 Å². The van der Waals surface area contributed by atoms with Gasteiger partial charge in [0.05, 0.1) is 11.4 Å². The van der Waals surface area contributed by atoms with Crippen LogP contribution in [0.3, 0.4) is 0 Å². The fraction of sp³-hybridized carbons (Fsp3) is 0.400. The molecule has 0 unspecified atom stereocenters. The summed E-state index contributed by atoms with van der Waals surface area (Å²) in [6.45, 7) is 5.92. The second-order valence-electron chi connectivity index (χ2n) is 3.68.